The first-order valence-corrected chi connectivity index (χ1v) is 10.1. The summed E-state index contributed by atoms with van der Waals surface area (Å²) in [7, 11) is 0. The van der Waals surface area contributed by atoms with E-state index in [0.29, 0.717) is 18.9 Å². The molecule has 0 aliphatic heterocycles. The van der Waals surface area contributed by atoms with E-state index in [-0.39, 0.29) is 5.97 Å². The molecule has 0 aliphatic rings. The van der Waals surface area contributed by atoms with Crippen molar-refractivity contribution in [1.29, 1.82) is 0 Å². The fourth-order valence-corrected chi connectivity index (χ4v) is 2.41. The lowest BCUT2D eigenvalue weighted by atomic mass is 10.1. The largest absolute Gasteiger partial charge is 0.465 e. The molecule has 0 atom stereocenters. The van der Waals surface area contributed by atoms with E-state index >= 15 is 0 Å². The van der Waals surface area contributed by atoms with E-state index in [2.05, 4.69) is 45.1 Å². The summed E-state index contributed by atoms with van der Waals surface area (Å²) in [5.41, 5.74) is 0. The monoisotopic (exact) mass is 336 g/mol. The summed E-state index contributed by atoms with van der Waals surface area (Å²) < 4.78 is 5.17. The standard InChI is InChI=1S/C22H40O2/c1-4-5-6-7-8-9-10-11-12-13-14-15-16-17-18-19-22(23)24-20-21(2)3/h8-9,11-12,21H,4-7,10,13-20H2,1-3H3. The molecular weight excluding hydrogens is 296 g/mol. The predicted octanol–water partition coefficient (Wildman–Crippen LogP) is 7.00. The summed E-state index contributed by atoms with van der Waals surface area (Å²) in [6.45, 7) is 6.92. The first kappa shape index (κ1) is 22.9. The molecule has 0 aromatic heterocycles. The van der Waals surface area contributed by atoms with Crippen LogP contribution in [0, 0.1) is 5.92 Å². The molecule has 0 amide bonds. The molecule has 2 nitrogen and oxygen atoms in total. The van der Waals surface area contributed by atoms with Crippen molar-refractivity contribution in [2.24, 2.45) is 5.92 Å². The van der Waals surface area contributed by atoms with Crippen molar-refractivity contribution in [2.75, 3.05) is 6.61 Å². The predicted molar refractivity (Wildman–Crippen MR) is 105 cm³/mol. The normalized spacial score (nSPS) is 11.8. The molecule has 0 bridgehead atoms. The zero-order chi connectivity index (χ0) is 17.9. The molecule has 0 saturated carbocycles. The van der Waals surface area contributed by atoms with Crippen LogP contribution in [-0.4, -0.2) is 12.6 Å². The maximum absolute atomic E-state index is 11.4. The minimum atomic E-state index is -0.0330. The summed E-state index contributed by atoms with van der Waals surface area (Å²) in [5.74, 6) is 0.396. The molecule has 0 aromatic carbocycles. The zero-order valence-electron chi connectivity index (χ0n) is 16.4. The number of carbonyl (C=O) groups is 1. The van der Waals surface area contributed by atoms with Crippen LogP contribution in [0.3, 0.4) is 0 Å². The summed E-state index contributed by atoms with van der Waals surface area (Å²) in [4.78, 5) is 11.4. The third-order valence-electron chi connectivity index (χ3n) is 3.91. The van der Waals surface area contributed by atoms with Gasteiger partial charge in [0.25, 0.3) is 0 Å². The van der Waals surface area contributed by atoms with E-state index in [1.54, 1.807) is 0 Å². The highest BCUT2D eigenvalue weighted by molar-refractivity contribution is 5.69. The Morgan fingerprint density at radius 2 is 1.42 bits per heavy atom. The Balaban J connectivity index is 3.27. The molecule has 24 heavy (non-hydrogen) atoms. The second-order valence-corrected chi connectivity index (χ2v) is 7.06. The van der Waals surface area contributed by atoms with E-state index in [0.717, 1.165) is 19.3 Å². The maximum atomic E-state index is 11.4. The Bertz CT molecular complexity index is 329. The Kier molecular flexibility index (Phi) is 17.5. The van der Waals surface area contributed by atoms with Gasteiger partial charge in [0.2, 0.25) is 0 Å². The lowest BCUT2D eigenvalue weighted by Crippen LogP contribution is -2.09. The third kappa shape index (κ3) is 19.0. The average molecular weight is 337 g/mol. The SMILES string of the molecule is CCCCCC=CCC=CCCCCCCCC(=O)OCC(C)C. The number of hydrogen-bond acceptors (Lipinski definition) is 2. The topological polar surface area (TPSA) is 26.3 Å². The van der Waals surface area contributed by atoms with Crippen LogP contribution >= 0.6 is 0 Å². The van der Waals surface area contributed by atoms with Crippen molar-refractivity contribution < 1.29 is 9.53 Å². The van der Waals surface area contributed by atoms with Crippen LogP contribution in [0.25, 0.3) is 0 Å². The second kappa shape index (κ2) is 18.3. The quantitative estimate of drug-likeness (QED) is 0.172. The Labute approximate surface area is 150 Å². The molecule has 2 heteroatoms. The number of allylic oxidation sites excluding steroid dienone is 4. The minimum Gasteiger partial charge on any atom is -0.465 e. The van der Waals surface area contributed by atoms with Crippen LogP contribution in [0.15, 0.2) is 24.3 Å². The van der Waals surface area contributed by atoms with Gasteiger partial charge in [-0.3, -0.25) is 4.79 Å². The van der Waals surface area contributed by atoms with Crippen molar-refractivity contribution in [3.63, 3.8) is 0 Å². The van der Waals surface area contributed by atoms with Crippen LogP contribution in [-0.2, 0) is 9.53 Å². The summed E-state index contributed by atoms with van der Waals surface area (Å²) in [6.07, 6.45) is 23.1. The second-order valence-electron chi connectivity index (χ2n) is 7.06. The van der Waals surface area contributed by atoms with Crippen molar-refractivity contribution in [3.05, 3.63) is 24.3 Å². The molecule has 0 aromatic rings. The van der Waals surface area contributed by atoms with E-state index in [1.807, 2.05) is 0 Å². The number of ether oxygens (including phenoxy) is 1. The van der Waals surface area contributed by atoms with Gasteiger partial charge in [-0.2, -0.15) is 0 Å². The van der Waals surface area contributed by atoms with Gasteiger partial charge in [-0.1, -0.05) is 77.2 Å². The molecule has 0 rings (SSSR count). The van der Waals surface area contributed by atoms with Crippen molar-refractivity contribution in [3.8, 4) is 0 Å². The highest BCUT2D eigenvalue weighted by atomic mass is 16.5. The molecule has 0 spiro atoms. The highest BCUT2D eigenvalue weighted by Crippen LogP contribution is 2.09. The number of rotatable bonds is 16. The first-order chi connectivity index (χ1) is 11.7. The van der Waals surface area contributed by atoms with Crippen molar-refractivity contribution >= 4 is 5.97 Å². The maximum Gasteiger partial charge on any atom is 0.305 e. The Hall–Kier alpha value is -1.05. The Morgan fingerprint density at radius 1 is 0.833 bits per heavy atom. The summed E-state index contributed by atoms with van der Waals surface area (Å²) >= 11 is 0. The highest BCUT2D eigenvalue weighted by Gasteiger charge is 2.03. The van der Waals surface area contributed by atoms with Gasteiger partial charge in [0.05, 0.1) is 6.61 Å². The Morgan fingerprint density at radius 3 is 2.04 bits per heavy atom. The van der Waals surface area contributed by atoms with Gasteiger partial charge in [-0.05, 0) is 44.4 Å². The number of hydrogen-bond donors (Lipinski definition) is 0. The van der Waals surface area contributed by atoms with Gasteiger partial charge in [0.1, 0.15) is 0 Å². The molecule has 0 fully saturated rings. The molecule has 0 heterocycles. The van der Waals surface area contributed by atoms with Gasteiger partial charge in [0, 0.05) is 6.42 Å². The fourth-order valence-electron chi connectivity index (χ4n) is 2.41. The average Bonchev–Trinajstić information content (AvgIpc) is 2.56. The van der Waals surface area contributed by atoms with Crippen LogP contribution < -0.4 is 0 Å². The number of esters is 1. The van der Waals surface area contributed by atoms with Gasteiger partial charge >= 0.3 is 5.97 Å². The smallest absolute Gasteiger partial charge is 0.305 e. The molecule has 0 saturated heterocycles. The molecule has 0 N–H and O–H groups in total. The van der Waals surface area contributed by atoms with Crippen LogP contribution in [0.4, 0.5) is 0 Å². The number of unbranched alkanes of at least 4 members (excludes halogenated alkanes) is 8. The molecule has 0 unspecified atom stereocenters. The van der Waals surface area contributed by atoms with E-state index in [9.17, 15) is 4.79 Å². The van der Waals surface area contributed by atoms with Crippen LogP contribution in [0.2, 0.25) is 0 Å². The molecule has 0 aliphatic carbocycles. The van der Waals surface area contributed by atoms with Crippen molar-refractivity contribution in [1.82, 2.24) is 0 Å². The zero-order valence-corrected chi connectivity index (χ0v) is 16.4. The lowest BCUT2D eigenvalue weighted by Gasteiger charge is -2.06. The van der Waals surface area contributed by atoms with Gasteiger partial charge in [-0.15, -0.1) is 0 Å². The lowest BCUT2D eigenvalue weighted by molar-refractivity contribution is -0.144. The summed E-state index contributed by atoms with van der Waals surface area (Å²) in [6, 6.07) is 0. The molecule has 0 radical (unpaired) electrons. The van der Waals surface area contributed by atoms with Gasteiger partial charge in [0.15, 0.2) is 0 Å². The van der Waals surface area contributed by atoms with E-state index in [4.69, 9.17) is 4.74 Å². The summed E-state index contributed by atoms with van der Waals surface area (Å²) in [5, 5.41) is 0. The molecular formula is C22H40O2. The van der Waals surface area contributed by atoms with Crippen molar-refractivity contribution in [2.45, 2.75) is 97.8 Å². The number of carbonyl (C=O) groups excluding carboxylic acids is 1. The van der Waals surface area contributed by atoms with Gasteiger partial charge in [-0.25, -0.2) is 0 Å². The minimum absolute atomic E-state index is 0.0330. The van der Waals surface area contributed by atoms with Crippen LogP contribution in [0.5, 0.6) is 0 Å². The third-order valence-corrected chi connectivity index (χ3v) is 3.91. The first-order valence-electron chi connectivity index (χ1n) is 10.1. The van der Waals surface area contributed by atoms with Gasteiger partial charge < -0.3 is 4.74 Å². The molecule has 140 valence electrons. The van der Waals surface area contributed by atoms with E-state index < -0.39 is 0 Å². The van der Waals surface area contributed by atoms with Crippen LogP contribution in [0.1, 0.15) is 97.8 Å². The fraction of sp³-hybridized carbons (Fsp3) is 0.773. The van der Waals surface area contributed by atoms with E-state index in [1.165, 1.54) is 51.4 Å².